The SMILES string of the molecule is CCSC(N)=C(C(=O)O)c1nccc(C2CC2)n1. The van der Waals surface area contributed by atoms with Gasteiger partial charge in [0, 0.05) is 17.8 Å². The number of carboxylic acid groups (broad SMARTS) is 1. The van der Waals surface area contributed by atoms with Crippen molar-refractivity contribution in [3.8, 4) is 0 Å². The molecule has 0 bridgehead atoms. The molecule has 0 aliphatic heterocycles. The maximum Gasteiger partial charge on any atom is 0.342 e. The van der Waals surface area contributed by atoms with Gasteiger partial charge in [0.05, 0.1) is 5.03 Å². The summed E-state index contributed by atoms with van der Waals surface area (Å²) in [5.41, 5.74) is 6.70. The number of carboxylic acids is 1. The van der Waals surface area contributed by atoms with E-state index in [0.717, 1.165) is 18.5 Å². The Bertz CT molecular complexity index is 498. The summed E-state index contributed by atoms with van der Waals surface area (Å²) in [4.78, 5) is 19.6. The van der Waals surface area contributed by atoms with E-state index in [9.17, 15) is 9.90 Å². The van der Waals surface area contributed by atoms with Gasteiger partial charge < -0.3 is 10.8 Å². The van der Waals surface area contributed by atoms with E-state index in [2.05, 4.69) is 9.97 Å². The number of rotatable bonds is 5. The van der Waals surface area contributed by atoms with Crippen LogP contribution in [-0.4, -0.2) is 26.8 Å². The molecular formula is C12H15N3O2S. The molecule has 0 saturated heterocycles. The van der Waals surface area contributed by atoms with Crippen molar-refractivity contribution in [2.75, 3.05) is 5.75 Å². The van der Waals surface area contributed by atoms with Crippen LogP contribution in [0.5, 0.6) is 0 Å². The van der Waals surface area contributed by atoms with Crippen molar-refractivity contribution >= 4 is 23.3 Å². The lowest BCUT2D eigenvalue weighted by atomic mass is 10.2. The van der Waals surface area contributed by atoms with Gasteiger partial charge in [0.15, 0.2) is 5.82 Å². The molecule has 1 aliphatic carbocycles. The normalized spacial score (nSPS) is 16.3. The van der Waals surface area contributed by atoms with Crippen molar-refractivity contribution in [2.45, 2.75) is 25.7 Å². The summed E-state index contributed by atoms with van der Waals surface area (Å²) < 4.78 is 0. The highest BCUT2D eigenvalue weighted by Crippen LogP contribution is 2.39. The van der Waals surface area contributed by atoms with Crippen molar-refractivity contribution in [3.63, 3.8) is 0 Å². The summed E-state index contributed by atoms with van der Waals surface area (Å²) in [6, 6.07) is 1.84. The minimum Gasteiger partial charge on any atom is -0.477 e. The minimum atomic E-state index is -1.08. The fourth-order valence-electron chi connectivity index (χ4n) is 1.64. The topological polar surface area (TPSA) is 89.1 Å². The Morgan fingerprint density at radius 3 is 2.89 bits per heavy atom. The quantitative estimate of drug-likeness (QED) is 0.789. The molecule has 0 radical (unpaired) electrons. The van der Waals surface area contributed by atoms with Gasteiger partial charge in [-0.15, -0.1) is 11.8 Å². The highest BCUT2D eigenvalue weighted by Gasteiger charge is 2.26. The van der Waals surface area contributed by atoms with E-state index in [1.165, 1.54) is 11.8 Å². The van der Waals surface area contributed by atoms with E-state index in [-0.39, 0.29) is 16.4 Å². The molecular weight excluding hydrogens is 250 g/mol. The van der Waals surface area contributed by atoms with Gasteiger partial charge in [0.1, 0.15) is 5.57 Å². The second-order valence-corrected chi connectivity index (χ2v) is 5.36. The molecule has 0 atom stereocenters. The highest BCUT2D eigenvalue weighted by molar-refractivity contribution is 8.03. The van der Waals surface area contributed by atoms with Gasteiger partial charge in [-0.1, -0.05) is 6.92 Å². The van der Waals surface area contributed by atoms with Gasteiger partial charge in [0.25, 0.3) is 0 Å². The fourth-order valence-corrected chi connectivity index (χ4v) is 2.27. The molecule has 6 heteroatoms. The molecule has 5 nitrogen and oxygen atoms in total. The van der Waals surface area contributed by atoms with E-state index in [0.29, 0.717) is 11.7 Å². The van der Waals surface area contributed by atoms with Crippen LogP contribution in [0.4, 0.5) is 0 Å². The lowest BCUT2D eigenvalue weighted by Crippen LogP contribution is -2.11. The van der Waals surface area contributed by atoms with Crippen LogP contribution in [0.1, 0.15) is 37.2 Å². The maximum absolute atomic E-state index is 11.3. The summed E-state index contributed by atoms with van der Waals surface area (Å²) in [6.07, 6.45) is 3.83. The number of hydrogen-bond acceptors (Lipinski definition) is 5. The van der Waals surface area contributed by atoms with Crippen LogP contribution < -0.4 is 5.73 Å². The first-order valence-corrected chi connectivity index (χ1v) is 6.81. The summed E-state index contributed by atoms with van der Waals surface area (Å²) in [5, 5.41) is 9.50. The van der Waals surface area contributed by atoms with Crippen LogP contribution in [-0.2, 0) is 4.79 Å². The molecule has 1 aromatic heterocycles. The number of nitrogens with zero attached hydrogens (tertiary/aromatic N) is 2. The van der Waals surface area contributed by atoms with Crippen LogP contribution in [0.15, 0.2) is 17.3 Å². The second kappa shape index (κ2) is 5.39. The molecule has 0 spiro atoms. The number of hydrogen-bond donors (Lipinski definition) is 2. The zero-order valence-electron chi connectivity index (χ0n) is 10.1. The first kappa shape index (κ1) is 12.9. The number of aliphatic carboxylic acids is 1. The first-order valence-electron chi connectivity index (χ1n) is 5.82. The van der Waals surface area contributed by atoms with Gasteiger partial charge in [-0.25, -0.2) is 14.8 Å². The van der Waals surface area contributed by atoms with E-state index in [1.54, 1.807) is 6.20 Å². The predicted molar refractivity (Wildman–Crippen MR) is 70.9 cm³/mol. The molecule has 0 amide bonds. The molecule has 96 valence electrons. The van der Waals surface area contributed by atoms with Gasteiger partial charge in [0.2, 0.25) is 0 Å². The largest absolute Gasteiger partial charge is 0.477 e. The predicted octanol–water partition coefficient (Wildman–Crippen LogP) is 1.82. The molecule has 0 aromatic carbocycles. The molecule has 3 N–H and O–H groups in total. The summed E-state index contributed by atoms with van der Waals surface area (Å²) >= 11 is 1.29. The number of aromatic nitrogens is 2. The molecule has 1 aliphatic rings. The van der Waals surface area contributed by atoms with Crippen LogP contribution in [0, 0.1) is 0 Å². The van der Waals surface area contributed by atoms with Crippen LogP contribution in [0.25, 0.3) is 5.57 Å². The van der Waals surface area contributed by atoms with Gasteiger partial charge in [-0.3, -0.25) is 0 Å². The number of nitrogens with two attached hydrogens (primary N) is 1. The molecule has 1 aromatic rings. The lowest BCUT2D eigenvalue weighted by Gasteiger charge is -2.07. The lowest BCUT2D eigenvalue weighted by molar-refractivity contribution is -0.130. The van der Waals surface area contributed by atoms with Crippen molar-refractivity contribution in [1.82, 2.24) is 9.97 Å². The molecule has 1 heterocycles. The van der Waals surface area contributed by atoms with Gasteiger partial charge >= 0.3 is 5.97 Å². The van der Waals surface area contributed by atoms with Crippen LogP contribution in [0.2, 0.25) is 0 Å². The Labute approximate surface area is 110 Å². The van der Waals surface area contributed by atoms with Crippen molar-refractivity contribution in [2.24, 2.45) is 5.73 Å². The molecule has 18 heavy (non-hydrogen) atoms. The first-order chi connectivity index (χ1) is 8.63. The molecule has 2 rings (SSSR count). The van der Waals surface area contributed by atoms with Crippen LogP contribution in [0.3, 0.4) is 0 Å². The monoisotopic (exact) mass is 265 g/mol. The Hall–Kier alpha value is -1.56. The second-order valence-electron chi connectivity index (χ2n) is 4.06. The number of thioether (sulfide) groups is 1. The highest BCUT2D eigenvalue weighted by atomic mass is 32.2. The summed E-state index contributed by atoms with van der Waals surface area (Å²) in [6.45, 7) is 1.92. The van der Waals surface area contributed by atoms with Crippen molar-refractivity contribution in [3.05, 3.63) is 28.8 Å². The van der Waals surface area contributed by atoms with E-state index in [1.807, 2.05) is 13.0 Å². The Kier molecular flexibility index (Phi) is 3.86. The fraction of sp³-hybridized carbons (Fsp3) is 0.417. The third-order valence-corrected chi connectivity index (χ3v) is 3.46. The Morgan fingerprint density at radius 2 is 2.33 bits per heavy atom. The van der Waals surface area contributed by atoms with Crippen molar-refractivity contribution in [1.29, 1.82) is 0 Å². The average molecular weight is 265 g/mol. The zero-order valence-corrected chi connectivity index (χ0v) is 10.9. The Balaban J connectivity index is 2.39. The Morgan fingerprint density at radius 1 is 1.61 bits per heavy atom. The molecule has 1 saturated carbocycles. The molecule has 1 fully saturated rings. The van der Waals surface area contributed by atoms with E-state index < -0.39 is 5.97 Å². The number of carbonyl (C=O) groups is 1. The van der Waals surface area contributed by atoms with E-state index in [4.69, 9.17) is 5.73 Å². The molecule has 0 unspecified atom stereocenters. The minimum absolute atomic E-state index is 0.00403. The van der Waals surface area contributed by atoms with Gasteiger partial charge in [-0.2, -0.15) is 0 Å². The zero-order chi connectivity index (χ0) is 13.1. The smallest absolute Gasteiger partial charge is 0.342 e. The summed E-state index contributed by atoms with van der Waals surface area (Å²) in [7, 11) is 0. The third kappa shape index (κ3) is 2.81. The van der Waals surface area contributed by atoms with E-state index >= 15 is 0 Å². The van der Waals surface area contributed by atoms with Crippen molar-refractivity contribution < 1.29 is 9.90 Å². The maximum atomic E-state index is 11.3. The van der Waals surface area contributed by atoms with Gasteiger partial charge in [-0.05, 0) is 24.7 Å². The third-order valence-electron chi connectivity index (χ3n) is 2.66. The average Bonchev–Trinajstić information content (AvgIpc) is 3.13. The standard InChI is InChI=1S/C12H15N3O2S/c1-2-18-10(13)9(12(16)17)11-14-6-5-8(15-11)7-3-4-7/h5-7H,2-4,13H2,1H3,(H,16,17). The summed E-state index contributed by atoms with van der Waals surface area (Å²) in [5.74, 6) is 0.305. The van der Waals surface area contributed by atoms with Crippen LogP contribution >= 0.6 is 11.8 Å².